The largest absolute Gasteiger partial charge is 0.494 e. The van der Waals surface area contributed by atoms with E-state index < -0.39 is 5.56 Å². The van der Waals surface area contributed by atoms with Gasteiger partial charge in [-0.15, -0.1) is 5.10 Å². The van der Waals surface area contributed by atoms with Gasteiger partial charge in [-0.3, -0.25) is 14.2 Å². The van der Waals surface area contributed by atoms with E-state index in [-0.39, 0.29) is 18.0 Å². The number of carbonyl (C=O) groups excluding carboxylic acids is 1. The molecule has 4 aromatic rings. The van der Waals surface area contributed by atoms with Crippen molar-refractivity contribution in [3.05, 3.63) is 71.3 Å². The van der Waals surface area contributed by atoms with Crippen LogP contribution in [0.15, 0.2) is 65.7 Å². The number of anilines is 1. The third-order valence-electron chi connectivity index (χ3n) is 5.88. The Morgan fingerprint density at radius 3 is 2.41 bits per heavy atom. The lowest BCUT2D eigenvalue weighted by Gasteiger charge is -2.36. The van der Waals surface area contributed by atoms with Crippen molar-refractivity contribution in [3.8, 4) is 11.4 Å². The van der Waals surface area contributed by atoms with E-state index in [0.29, 0.717) is 31.0 Å². The predicted octanol–water partition coefficient (Wildman–Crippen LogP) is 1.72. The van der Waals surface area contributed by atoms with Crippen molar-refractivity contribution in [2.75, 3.05) is 37.7 Å². The van der Waals surface area contributed by atoms with Gasteiger partial charge < -0.3 is 14.5 Å². The second kappa shape index (κ2) is 9.34. The van der Waals surface area contributed by atoms with E-state index >= 15 is 0 Å². The number of ether oxygens (including phenoxy) is 1. The number of carbonyl (C=O) groups is 1. The smallest absolute Gasteiger partial charge is 0.284 e. The summed E-state index contributed by atoms with van der Waals surface area (Å²) < 4.78 is 8.26. The summed E-state index contributed by atoms with van der Waals surface area (Å²) in [6.45, 7) is 5.12. The minimum absolute atomic E-state index is 0.0803. The number of rotatable bonds is 6. The topological polar surface area (TPSA) is 98.4 Å². The molecule has 10 nitrogen and oxygen atoms in total. The number of amides is 1. The summed E-state index contributed by atoms with van der Waals surface area (Å²) in [4.78, 5) is 34.3. The van der Waals surface area contributed by atoms with Gasteiger partial charge in [0.2, 0.25) is 5.91 Å². The Hall–Kier alpha value is -4.21. The number of piperazine rings is 1. The number of aromatic nitrogens is 5. The summed E-state index contributed by atoms with van der Waals surface area (Å²) in [5.41, 5.74) is 1.94. The van der Waals surface area contributed by atoms with E-state index in [1.165, 1.54) is 15.6 Å². The zero-order valence-electron chi connectivity index (χ0n) is 18.9. The molecule has 0 saturated carbocycles. The van der Waals surface area contributed by atoms with Crippen LogP contribution in [0.4, 0.5) is 5.69 Å². The maximum Gasteiger partial charge on any atom is 0.284 e. The molecule has 0 atom stereocenters. The fourth-order valence-corrected chi connectivity index (χ4v) is 4.08. The Bertz CT molecular complexity index is 1340. The highest BCUT2D eigenvalue weighted by Crippen LogP contribution is 2.18. The Kier molecular flexibility index (Phi) is 5.94. The average Bonchev–Trinajstić information content (AvgIpc) is 3.32. The first kappa shape index (κ1) is 21.6. The maximum atomic E-state index is 13.0. The highest BCUT2D eigenvalue weighted by molar-refractivity contribution is 5.77. The van der Waals surface area contributed by atoms with E-state index in [1.807, 2.05) is 49.4 Å². The average molecular weight is 460 g/mol. The number of fused-ring (bicyclic) bond motifs is 1. The van der Waals surface area contributed by atoms with Gasteiger partial charge in [0.05, 0.1) is 12.3 Å². The van der Waals surface area contributed by atoms with Crippen molar-refractivity contribution in [3.63, 3.8) is 0 Å². The molecule has 1 aliphatic heterocycles. The van der Waals surface area contributed by atoms with E-state index in [0.717, 1.165) is 24.5 Å². The summed E-state index contributed by atoms with van der Waals surface area (Å²) in [6.07, 6.45) is 1.39. The van der Waals surface area contributed by atoms with Crippen LogP contribution in [0.5, 0.6) is 5.75 Å². The van der Waals surface area contributed by atoms with Gasteiger partial charge in [0.15, 0.2) is 11.2 Å². The molecule has 0 spiro atoms. The van der Waals surface area contributed by atoms with Crippen molar-refractivity contribution in [2.24, 2.45) is 0 Å². The van der Waals surface area contributed by atoms with Crippen molar-refractivity contribution < 1.29 is 9.53 Å². The normalized spacial score (nSPS) is 13.9. The summed E-state index contributed by atoms with van der Waals surface area (Å²) in [5, 5.41) is 8.13. The van der Waals surface area contributed by atoms with Gasteiger partial charge in [0, 0.05) is 31.9 Å². The fourth-order valence-electron chi connectivity index (χ4n) is 4.08. The van der Waals surface area contributed by atoms with Gasteiger partial charge in [0.25, 0.3) is 5.56 Å². The predicted molar refractivity (Wildman–Crippen MR) is 127 cm³/mol. The molecule has 2 aromatic heterocycles. The summed E-state index contributed by atoms with van der Waals surface area (Å²) in [5.74, 6) is 0.629. The number of benzene rings is 2. The Labute approximate surface area is 196 Å². The molecule has 2 aromatic carbocycles. The van der Waals surface area contributed by atoms with Crippen LogP contribution >= 0.6 is 0 Å². The zero-order chi connectivity index (χ0) is 23.5. The van der Waals surface area contributed by atoms with Crippen LogP contribution in [-0.2, 0) is 11.3 Å². The molecule has 0 unspecified atom stereocenters. The van der Waals surface area contributed by atoms with Crippen LogP contribution in [0.3, 0.4) is 0 Å². The highest BCUT2D eigenvalue weighted by atomic mass is 16.5. The fraction of sp³-hybridized carbons (Fsp3) is 0.292. The van der Waals surface area contributed by atoms with E-state index in [2.05, 4.69) is 32.3 Å². The number of nitrogens with zero attached hydrogens (tertiary/aromatic N) is 7. The number of para-hydroxylation sites is 1. The van der Waals surface area contributed by atoms with Gasteiger partial charge in [-0.25, -0.2) is 4.98 Å². The molecular formula is C24H25N7O3. The number of hydrogen-bond acceptors (Lipinski definition) is 7. The Balaban J connectivity index is 1.29. The van der Waals surface area contributed by atoms with Crippen LogP contribution in [0.1, 0.15) is 6.92 Å². The first-order valence-electron chi connectivity index (χ1n) is 11.3. The molecule has 3 heterocycles. The molecule has 174 valence electrons. The molecule has 0 aliphatic carbocycles. The van der Waals surface area contributed by atoms with Gasteiger partial charge in [-0.05, 0) is 43.3 Å². The molecule has 1 aliphatic rings. The van der Waals surface area contributed by atoms with Crippen molar-refractivity contribution in [2.45, 2.75) is 13.5 Å². The monoisotopic (exact) mass is 459 g/mol. The molecule has 1 saturated heterocycles. The second-order valence-electron chi connectivity index (χ2n) is 7.98. The lowest BCUT2D eigenvalue weighted by molar-refractivity contribution is -0.132. The second-order valence-corrected chi connectivity index (χ2v) is 7.98. The van der Waals surface area contributed by atoms with Gasteiger partial charge >= 0.3 is 0 Å². The van der Waals surface area contributed by atoms with Crippen LogP contribution < -0.4 is 15.2 Å². The third kappa shape index (κ3) is 4.21. The molecule has 10 heteroatoms. The van der Waals surface area contributed by atoms with Crippen molar-refractivity contribution in [1.82, 2.24) is 29.4 Å². The molecule has 0 bridgehead atoms. The zero-order valence-corrected chi connectivity index (χ0v) is 18.9. The van der Waals surface area contributed by atoms with Gasteiger partial charge in [-0.2, -0.15) is 4.68 Å². The molecule has 1 amide bonds. The lowest BCUT2D eigenvalue weighted by atomic mass is 10.2. The molecular weight excluding hydrogens is 434 g/mol. The number of hydrogen-bond donors (Lipinski definition) is 0. The lowest BCUT2D eigenvalue weighted by Crippen LogP contribution is -2.50. The van der Waals surface area contributed by atoms with E-state index in [9.17, 15) is 9.59 Å². The van der Waals surface area contributed by atoms with E-state index in [1.54, 1.807) is 4.90 Å². The minimum atomic E-state index is -0.390. The SMILES string of the molecule is CCOc1ccc(-n2nnc3c(=O)n(CC(=O)N4CCN(c5ccccc5)CC4)cnc32)cc1. The quantitative estimate of drug-likeness (QED) is 0.433. The molecule has 5 rings (SSSR count). The summed E-state index contributed by atoms with van der Waals surface area (Å²) >= 11 is 0. The molecule has 0 N–H and O–H groups in total. The van der Waals surface area contributed by atoms with Crippen LogP contribution in [0, 0.1) is 0 Å². The minimum Gasteiger partial charge on any atom is -0.494 e. The van der Waals surface area contributed by atoms with Crippen molar-refractivity contribution >= 4 is 22.8 Å². The summed E-state index contributed by atoms with van der Waals surface area (Å²) in [6, 6.07) is 17.4. The van der Waals surface area contributed by atoms with E-state index in [4.69, 9.17) is 4.74 Å². The first-order valence-corrected chi connectivity index (χ1v) is 11.3. The van der Waals surface area contributed by atoms with Gasteiger partial charge in [0.1, 0.15) is 18.6 Å². The Morgan fingerprint density at radius 2 is 1.71 bits per heavy atom. The third-order valence-corrected chi connectivity index (χ3v) is 5.88. The first-order chi connectivity index (χ1) is 16.6. The van der Waals surface area contributed by atoms with Crippen LogP contribution in [0.25, 0.3) is 16.9 Å². The molecule has 0 radical (unpaired) electrons. The van der Waals surface area contributed by atoms with Crippen LogP contribution in [0.2, 0.25) is 0 Å². The van der Waals surface area contributed by atoms with Crippen molar-refractivity contribution in [1.29, 1.82) is 0 Å². The van der Waals surface area contributed by atoms with Gasteiger partial charge in [-0.1, -0.05) is 23.4 Å². The standard InChI is InChI=1S/C24H25N7O3/c1-2-34-20-10-8-19(9-11-20)31-23-22(26-27-31)24(33)30(17-25-23)16-21(32)29-14-12-28(13-15-29)18-6-4-3-5-7-18/h3-11,17H,2,12-16H2,1H3. The highest BCUT2D eigenvalue weighted by Gasteiger charge is 2.22. The van der Waals surface area contributed by atoms with Crippen LogP contribution in [-0.4, -0.2) is 68.1 Å². The molecule has 1 fully saturated rings. The Morgan fingerprint density at radius 1 is 0.971 bits per heavy atom. The molecule has 34 heavy (non-hydrogen) atoms. The summed E-state index contributed by atoms with van der Waals surface area (Å²) in [7, 11) is 0. The maximum absolute atomic E-state index is 13.0.